The number of hydrogen-bond donors (Lipinski definition) is 2. The topological polar surface area (TPSA) is 55.1 Å². The Labute approximate surface area is 128 Å². The van der Waals surface area contributed by atoms with Gasteiger partial charge in [0, 0.05) is 15.1 Å². The summed E-state index contributed by atoms with van der Waals surface area (Å²) in [7, 11) is 0. The highest BCUT2D eigenvalue weighted by Crippen LogP contribution is 2.26. The van der Waals surface area contributed by atoms with Crippen LogP contribution in [0.25, 0.3) is 0 Å². The monoisotopic (exact) mass is 354 g/mol. The maximum atomic E-state index is 13.1. The first kappa shape index (κ1) is 14.9. The summed E-state index contributed by atoms with van der Waals surface area (Å²) in [6.45, 7) is 0. The maximum absolute atomic E-state index is 13.1. The molecule has 0 aliphatic heterocycles. The van der Waals surface area contributed by atoms with E-state index in [1.165, 1.54) is 30.0 Å². The standard InChI is InChI=1S/C14H12BrFN2OS/c15-10-3-1-2-4-12(10)18-14(19)8-20-13-7-9(16)5-6-11(13)17/h1-7H,8,17H2,(H,18,19). The number of carbonyl (C=O) groups is 1. The molecule has 0 saturated heterocycles. The lowest BCUT2D eigenvalue weighted by atomic mass is 10.3. The molecule has 2 aromatic rings. The minimum Gasteiger partial charge on any atom is -0.398 e. The number of amides is 1. The van der Waals surface area contributed by atoms with Crippen molar-refractivity contribution in [2.45, 2.75) is 4.90 Å². The van der Waals surface area contributed by atoms with E-state index in [0.29, 0.717) is 16.3 Å². The van der Waals surface area contributed by atoms with E-state index in [0.717, 1.165) is 4.47 Å². The second kappa shape index (κ2) is 6.76. The first-order valence-electron chi connectivity index (χ1n) is 5.78. The van der Waals surface area contributed by atoms with Crippen molar-refractivity contribution >= 4 is 45.0 Å². The van der Waals surface area contributed by atoms with Crippen molar-refractivity contribution in [2.24, 2.45) is 0 Å². The fourth-order valence-electron chi connectivity index (χ4n) is 1.53. The van der Waals surface area contributed by atoms with Crippen molar-refractivity contribution in [3.8, 4) is 0 Å². The molecule has 0 heterocycles. The SMILES string of the molecule is Nc1ccc(F)cc1SCC(=O)Nc1ccccc1Br. The fraction of sp³-hybridized carbons (Fsp3) is 0.0714. The third-order valence-corrected chi connectivity index (χ3v) is 4.24. The maximum Gasteiger partial charge on any atom is 0.234 e. The molecule has 0 radical (unpaired) electrons. The summed E-state index contributed by atoms with van der Waals surface area (Å²) in [5.74, 6) is -0.381. The molecule has 1 amide bonds. The number of nitrogens with one attached hydrogen (secondary N) is 1. The molecular formula is C14H12BrFN2OS. The number of nitrogen functional groups attached to an aromatic ring is 1. The molecule has 20 heavy (non-hydrogen) atoms. The molecule has 0 saturated carbocycles. The zero-order chi connectivity index (χ0) is 14.5. The van der Waals surface area contributed by atoms with Crippen LogP contribution >= 0.6 is 27.7 Å². The van der Waals surface area contributed by atoms with Crippen molar-refractivity contribution in [3.05, 3.63) is 52.8 Å². The van der Waals surface area contributed by atoms with Crippen LogP contribution in [-0.4, -0.2) is 11.7 Å². The highest BCUT2D eigenvalue weighted by Gasteiger charge is 2.08. The second-order valence-corrected chi connectivity index (χ2v) is 5.87. The van der Waals surface area contributed by atoms with Gasteiger partial charge < -0.3 is 11.1 Å². The van der Waals surface area contributed by atoms with E-state index in [1.54, 1.807) is 6.07 Å². The molecule has 3 N–H and O–H groups in total. The van der Waals surface area contributed by atoms with Crippen LogP contribution in [-0.2, 0) is 4.79 Å². The molecule has 0 atom stereocenters. The lowest BCUT2D eigenvalue weighted by molar-refractivity contribution is -0.113. The summed E-state index contributed by atoms with van der Waals surface area (Å²) in [4.78, 5) is 12.4. The molecule has 0 spiro atoms. The number of thioether (sulfide) groups is 1. The van der Waals surface area contributed by atoms with Crippen molar-refractivity contribution in [2.75, 3.05) is 16.8 Å². The molecule has 6 heteroatoms. The summed E-state index contributed by atoms with van der Waals surface area (Å²) >= 11 is 4.55. The van der Waals surface area contributed by atoms with Crippen molar-refractivity contribution in [1.29, 1.82) is 0 Å². The number of para-hydroxylation sites is 1. The van der Waals surface area contributed by atoms with Gasteiger partial charge >= 0.3 is 0 Å². The average Bonchev–Trinajstić information content (AvgIpc) is 2.42. The number of nitrogens with two attached hydrogens (primary N) is 1. The number of benzene rings is 2. The third kappa shape index (κ3) is 3.98. The molecule has 2 aromatic carbocycles. The van der Waals surface area contributed by atoms with E-state index in [4.69, 9.17) is 5.73 Å². The zero-order valence-electron chi connectivity index (χ0n) is 10.4. The highest BCUT2D eigenvalue weighted by atomic mass is 79.9. The Hall–Kier alpha value is -1.53. The minimum absolute atomic E-state index is 0.162. The molecule has 3 nitrogen and oxygen atoms in total. The second-order valence-electron chi connectivity index (χ2n) is 4.00. The van der Waals surface area contributed by atoms with Gasteiger partial charge in [-0.05, 0) is 46.3 Å². The van der Waals surface area contributed by atoms with Gasteiger partial charge in [-0.15, -0.1) is 11.8 Å². The largest absolute Gasteiger partial charge is 0.398 e. The first-order valence-corrected chi connectivity index (χ1v) is 7.56. The smallest absolute Gasteiger partial charge is 0.234 e. The van der Waals surface area contributed by atoms with E-state index in [9.17, 15) is 9.18 Å². The number of carbonyl (C=O) groups excluding carboxylic acids is 1. The van der Waals surface area contributed by atoms with Gasteiger partial charge in [0.15, 0.2) is 0 Å². The quantitative estimate of drug-likeness (QED) is 0.646. The lowest BCUT2D eigenvalue weighted by Crippen LogP contribution is -2.14. The predicted molar refractivity (Wildman–Crippen MR) is 84.3 cm³/mol. The van der Waals surface area contributed by atoms with Gasteiger partial charge in [0.25, 0.3) is 0 Å². The van der Waals surface area contributed by atoms with Crippen molar-refractivity contribution in [1.82, 2.24) is 0 Å². The molecule has 0 bridgehead atoms. The summed E-state index contributed by atoms with van der Waals surface area (Å²) in [5, 5.41) is 2.77. The van der Waals surface area contributed by atoms with Gasteiger partial charge in [-0.25, -0.2) is 4.39 Å². The molecule has 0 aliphatic carbocycles. The van der Waals surface area contributed by atoms with Crippen LogP contribution in [0, 0.1) is 5.82 Å². The Morgan fingerprint density at radius 3 is 2.80 bits per heavy atom. The van der Waals surface area contributed by atoms with Crippen LogP contribution in [0.2, 0.25) is 0 Å². The van der Waals surface area contributed by atoms with Crippen LogP contribution in [0.1, 0.15) is 0 Å². The van der Waals surface area contributed by atoms with Crippen LogP contribution in [0.3, 0.4) is 0 Å². The molecule has 0 fully saturated rings. The molecule has 104 valence electrons. The highest BCUT2D eigenvalue weighted by molar-refractivity contribution is 9.10. The Balaban J connectivity index is 1.96. The summed E-state index contributed by atoms with van der Waals surface area (Å²) in [6.07, 6.45) is 0. The van der Waals surface area contributed by atoms with Crippen LogP contribution < -0.4 is 11.1 Å². The Bertz CT molecular complexity index is 636. The van der Waals surface area contributed by atoms with Gasteiger partial charge in [0.1, 0.15) is 5.82 Å². The minimum atomic E-state index is -0.368. The van der Waals surface area contributed by atoms with Gasteiger partial charge in [-0.3, -0.25) is 4.79 Å². The normalized spacial score (nSPS) is 10.3. The Morgan fingerprint density at radius 2 is 2.05 bits per heavy atom. The van der Waals surface area contributed by atoms with Gasteiger partial charge in [-0.2, -0.15) is 0 Å². The van der Waals surface area contributed by atoms with Crippen LogP contribution in [0.4, 0.5) is 15.8 Å². The van der Waals surface area contributed by atoms with E-state index < -0.39 is 0 Å². The molecule has 0 aliphatic rings. The number of halogens is 2. The average molecular weight is 355 g/mol. The molecule has 0 aromatic heterocycles. The summed E-state index contributed by atoms with van der Waals surface area (Å²) < 4.78 is 13.9. The van der Waals surface area contributed by atoms with E-state index in [1.807, 2.05) is 18.2 Å². The van der Waals surface area contributed by atoms with Crippen molar-refractivity contribution in [3.63, 3.8) is 0 Å². The number of rotatable bonds is 4. The van der Waals surface area contributed by atoms with E-state index in [2.05, 4.69) is 21.2 Å². The van der Waals surface area contributed by atoms with E-state index in [-0.39, 0.29) is 17.5 Å². The lowest BCUT2D eigenvalue weighted by Gasteiger charge is -2.08. The Kier molecular flexibility index (Phi) is 5.03. The molecule has 0 unspecified atom stereocenters. The van der Waals surface area contributed by atoms with Gasteiger partial charge in [-0.1, -0.05) is 12.1 Å². The fourth-order valence-corrected chi connectivity index (χ4v) is 2.70. The van der Waals surface area contributed by atoms with Gasteiger partial charge in [0.2, 0.25) is 5.91 Å². The Morgan fingerprint density at radius 1 is 1.30 bits per heavy atom. The summed E-state index contributed by atoms with van der Waals surface area (Å²) in [6, 6.07) is 11.4. The van der Waals surface area contributed by atoms with E-state index >= 15 is 0 Å². The molecular weight excluding hydrogens is 343 g/mol. The van der Waals surface area contributed by atoms with Gasteiger partial charge in [0.05, 0.1) is 11.4 Å². The third-order valence-electron chi connectivity index (χ3n) is 2.48. The first-order chi connectivity index (χ1) is 9.56. The zero-order valence-corrected chi connectivity index (χ0v) is 12.8. The number of anilines is 2. The van der Waals surface area contributed by atoms with Crippen molar-refractivity contribution < 1.29 is 9.18 Å². The van der Waals surface area contributed by atoms with Crippen LogP contribution in [0.15, 0.2) is 51.8 Å². The van der Waals surface area contributed by atoms with Crippen LogP contribution in [0.5, 0.6) is 0 Å². The summed E-state index contributed by atoms with van der Waals surface area (Å²) in [5.41, 5.74) is 6.89. The predicted octanol–water partition coefficient (Wildman–Crippen LogP) is 3.90. The molecule has 2 rings (SSSR count). The number of hydrogen-bond acceptors (Lipinski definition) is 3.